The van der Waals surface area contributed by atoms with E-state index >= 15 is 0 Å². The number of hydrogen-bond donors (Lipinski definition) is 3. The smallest absolute Gasteiger partial charge is 0.149 e. The first-order chi connectivity index (χ1) is 1.41. The largest absolute Gasteiger partial charge is 0.352 e. The zero-order chi connectivity index (χ0) is 2.71. The molecule has 0 unspecified atom stereocenters. The molecule has 0 saturated carbocycles. The highest BCUT2D eigenvalue weighted by Gasteiger charge is 1.34. The average molecular weight is 83.0 g/mol. The molecule has 0 aromatic carbocycles. The molecule has 0 bridgehead atoms. The molecule has 0 spiro atoms. The summed E-state index contributed by atoms with van der Waals surface area (Å²) in [5, 5.41) is 0. The van der Waals surface area contributed by atoms with Crippen LogP contribution in [-0.2, 0) is 0 Å². The van der Waals surface area contributed by atoms with Gasteiger partial charge in [-0.15, -0.1) is 0 Å². The van der Waals surface area contributed by atoms with Crippen LogP contribution in [0.2, 0.25) is 0 Å². The topological polar surface area (TPSA) is 75.5 Å². The Hall–Kier alpha value is 0.310. The molecule has 0 rings (SSSR count). The van der Waals surface area contributed by atoms with E-state index in [-0.39, 0.29) is 6.15 Å². The maximum atomic E-state index is 7.15. The summed E-state index contributed by atoms with van der Waals surface area (Å²) < 4.78 is 0. The molecule has 28 valence electrons. The third-order valence-electron chi connectivity index (χ3n) is 0. The minimum atomic E-state index is -0.917. The van der Waals surface area contributed by atoms with E-state index in [2.05, 4.69) is 0 Å². The van der Waals surface area contributed by atoms with Crippen LogP contribution >= 0.6 is 9.03 Å². The second-order valence-corrected chi connectivity index (χ2v) is 0.300. The summed E-state index contributed by atoms with van der Waals surface area (Å²) in [6, 6.07) is 0. The van der Waals surface area contributed by atoms with Gasteiger partial charge in [-0.3, -0.25) is 0 Å². The molecule has 0 aliphatic carbocycles. The Morgan fingerprint density at radius 3 is 1.25 bits per heavy atom. The fourth-order valence-corrected chi connectivity index (χ4v) is 0. The highest BCUT2D eigenvalue weighted by Crippen LogP contribution is 1.81. The SMILES string of the molecule is N.OPO. The molecule has 0 fully saturated rings. The van der Waals surface area contributed by atoms with Gasteiger partial charge >= 0.3 is 0 Å². The first kappa shape index (κ1) is 8.85. The molecule has 4 heavy (non-hydrogen) atoms. The second-order valence-electron chi connectivity index (χ2n) is 0.100. The van der Waals surface area contributed by atoms with E-state index in [1.807, 2.05) is 0 Å². The first-order valence-electron chi connectivity index (χ1n) is 0.447. The summed E-state index contributed by atoms with van der Waals surface area (Å²) in [5.74, 6) is 0. The molecule has 0 aromatic rings. The standard InChI is InChI=1S/H3N.H3O2P/c;1-3-2/h1H3;1-3H. The zero-order valence-corrected chi connectivity index (χ0v) is 3.10. The molecule has 0 heterocycles. The van der Waals surface area contributed by atoms with Gasteiger partial charge in [0, 0.05) is 0 Å². The summed E-state index contributed by atoms with van der Waals surface area (Å²) in [6.07, 6.45) is 0. The lowest BCUT2D eigenvalue weighted by molar-refractivity contribution is 0.513. The van der Waals surface area contributed by atoms with Crippen molar-refractivity contribution in [3.63, 3.8) is 0 Å². The fraction of sp³-hybridized carbons (Fsp3) is 0. The van der Waals surface area contributed by atoms with Gasteiger partial charge in [0.05, 0.1) is 0 Å². The summed E-state index contributed by atoms with van der Waals surface area (Å²) >= 11 is 0. The Morgan fingerprint density at radius 2 is 1.25 bits per heavy atom. The normalized spacial score (nSPS) is 4.50. The third kappa shape index (κ3) is 41.3. The van der Waals surface area contributed by atoms with Crippen LogP contribution in [0.3, 0.4) is 0 Å². The highest BCUT2D eigenvalue weighted by atomic mass is 31.1. The number of hydrogen-bond acceptors (Lipinski definition) is 3. The summed E-state index contributed by atoms with van der Waals surface area (Å²) in [6.45, 7) is 0. The van der Waals surface area contributed by atoms with Crippen LogP contribution in [0.25, 0.3) is 0 Å². The maximum Gasteiger partial charge on any atom is 0.149 e. The lowest BCUT2D eigenvalue weighted by Gasteiger charge is -1.54. The van der Waals surface area contributed by atoms with Gasteiger partial charge in [-0.2, -0.15) is 0 Å². The average Bonchev–Trinajstić information content (AvgIpc) is 0.918. The van der Waals surface area contributed by atoms with Crippen LogP contribution in [0.5, 0.6) is 0 Å². The van der Waals surface area contributed by atoms with E-state index in [1.54, 1.807) is 0 Å². The monoisotopic (exact) mass is 83.0 g/mol. The van der Waals surface area contributed by atoms with Crippen molar-refractivity contribution in [2.45, 2.75) is 0 Å². The van der Waals surface area contributed by atoms with Gasteiger partial charge in [-0.1, -0.05) is 0 Å². The van der Waals surface area contributed by atoms with Crippen molar-refractivity contribution in [1.29, 1.82) is 0 Å². The third-order valence-corrected chi connectivity index (χ3v) is 0. The van der Waals surface area contributed by atoms with Gasteiger partial charge in [0.1, 0.15) is 9.03 Å². The number of rotatable bonds is 0. The van der Waals surface area contributed by atoms with Gasteiger partial charge < -0.3 is 15.9 Å². The lowest BCUT2D eigenvalue weighted by Crippen LogP contribution is -1.24. The van der Waals surface area contributed by atoms with Crippen molar-refractivity contribution in [2.24, 2.45) is 0 Å². The van der Waals surface area contributed by atoms with E-state index < -0.39 is 9.03 Å². The molecule has 0 amide bonds. The minimum Gasteiger partial charge on any atom is -0.352 e. The van der Waals surface area contributed by atoms with Gasteiger partial charge in [0.15, 0.2) is 0 Å². The van der Waals surface area contributed by atoms with Crippen LogP contribution in [0.1, 0.15) is 0 Å². The lowest BCUT2D eigenvalue weighted by atomic mass is 14.0. The van der Waals surface area contributed by atoms with Crippen LogP contribution in [-0.4, -0.2) is 9.79 Å². The first-order valence-corrected chi connectivity index (χ1v) is 1.34. The predicted octanol–water partition coefficient (Wildman–Crippen LogP) is -0.359. The predicted molar refractivity (Wildman–Crippen MR) is 17.8 cm³/mol. The van der Waals surface area contributed by atoms with Gasteiger partial charge in [-0.25, -0.2) is 0 Å². The van der Waals surface area contributed by atoms with Crippen molar-refractivity contribution in [3.05, 3.63) is 0 Å². The van der Waals surface area contributed by atoms with Crippen LogP contribution in [0.15, 0.2) is 0 Å². The van der Waals surface area contributed by atoms with Crippen molar-refractivity contribution in [2.75, 3.05) is 0 Å². The molecule has 0 radical (unpaired) electrons. The molecule has 0 atom stereocenters. The highest BCUT2D eigenvalue weighted by molar-refractivity contribution is 7.23. The van der Waals surface area contributed by atoms with E-state index in [9.17, 15) is 0 Å². The van der Waals surface area contributed by atoms with Crippen molar-refractivity contribution in [1.82, 2.24) is 6.15 Å². The zero-order valence-electron chi connectivity index (χ0n) is 2.10. The Labute approximate surface area is 26.2 Å². The van der Waals surface area contributed by atoms with E-state index in [4.69, 9.17) is 9.79 Å². The van der Waals surface area contributed by atoms with Crippen LogP contribution < -0.4 is 6.15 Å². The molecule has 0 aliphatic rings. The molecule has 0 saturated heterocycles. The second kappa shape index (κ2) is 10.3. The molecular weight excluding hydrogens is 77.0 g/mol. The fourth-order valence-electron chi connectivity index (χ4n) is 0. The Bertz CT molecular complexity index is 6.00. The Balaban J connectivity index is 0. The Morgan fingerprint density at radius 1 is 1.25 bits per heavy atom. The molecule has 5 N–H and O–H groups in total. The van der Waals surface area contributed by atoms with Crippen LogP contribution in [0, 0.1) is 0 Å². The molecule has 4 heteroatoms. The van der Waals surface area contributed by atoms with Gasteiger partial charge in [-0.05, 0) is 0 Å². The van der Waals surface area contributed by atoms with Crippen molar-refractivity contribution < 1.29 is 9.79 Å². The summed E-state index contributed by atoms with van der Waals surface area (Å²) in [4.78, 5) is 14.3. The summed E-state index contributed by atoms with van der Waals surface area (Å²) in [7, 11) is -0.917. The van der Waals surface area contributed by atoms with Crippen molar-refractivity contribution >= 4 is 9.03 Å². The van der Waals surface area contributed by atoms with E-state index in [0.29, 0.717) is 0 Å². The van der Waals surface area contributed by atoms with Crippen LogP contribution in [0.4, 0.5) is 0 Å². The molecular formula is H6NO2P. The van der Waals surface area contributed by atoms with E-state index in [1.165, 1.54) is 0 Å². The van der Waals surface area contributed by atoms with E-state index in [0.717, 1.165) is 0 Å². The van der Waals surface area contributed by atoms with Gasteiger partial charge in [0.25, 0.3) is 0 Å². The maximum absolute atomic E-state index is 7.15. The molecule has 0 aromatic heterocycles. The Kier molecular flexibility index (Phi) is 22.8. The molecule has 3 nitrogen and oxygen atoms in total. The van der Waals surface area contributed by atoms with Crippen molar-refractivity contribution in [3.8, 4) is 0 Å². The molecule has 0 aliphatic heterocycles. The quantitative estimate of drug-likeness (QED) is 0.350. The summed E-state index contributed by atoms with van der Waals surface area (Å²) in [5.41, 5.74) is 0. The minimum absolute atomic E-state index is 0. The van der Waals surface area contributed by atoms with Gasteiger partial charge in [0.2, 0.25) is 0 Å².